The van der Waals surface area contributed by atoms with Crippen LogP contribution in [0.1, 0.15) is 41.6 Å². The molecule has 2 aliphatic heterocycles. The number of amides is 2. The summed E-state index contributed by atoms with van der Waals surface area (Å²) < 4.78 is 0. The Hall–Kier alpha value is -1.49. The molecule has 1 aromatic carbocycles. The van der Waals surface area contributed by atoms with E-state index in [0.29, 0.717) is 11.7 Å². The Labute approximate surface area is 135 Å². The lowest BCUT2D eigenvalue weighted by Gasteiger charge is -2.16. The topological polar surface area (TPSA) is 58.2 Å². The molecular weight excluding hydrogens is 296 g/mol. The molecule has 118 valence electrons. The fourth-order valence-corrected chi connectivity index (χ4v) is 4.70. The maximum atomic E-state index is 12.1. The number of unbranched alkanes of at least 4 members (excludes halogenated alkanes) is 1. The normalized spacial score (nSPS) is 26.4. The van der Waals surface area contributed by atoms with Crippen molar-refractivity contribution in [2.75, 3.05) is 5.75 Å². The van der Waals surface area contributed by atoms with Gasteiger partial charge in [0.15, 0.2) is 5.78 Å². The monoisotopic (exact) mass is 318 g/mol. The van der Waals surface area contributed by atoms with Gasteiger partial charge in [0.2, 0.25) is 0 Å². The molecule has 4 nitrogen and oxygen atoms in total. The van der Waals surface area contributed by atoms with Crippen molar-refractivity contribution in [2.45, 2.75) is 49.9 Å². The molecule has 2 N–H and O–H groups in total. The van der Waals surface area contributed by atoms with E-state index in [4.69, 9.17) is 0 Å². The van der Waals surface area contributed by atoms with Gasteiger partial charge in [-0.25, -0.2) is 4.79 Å². The van der Waals surface area contributed by atoms with Gasteiger partial charge in [-0.1, -0.05) is 36.2 Å². The molecule has 0 bridgehead atoms. The highest BCUT2D eigenvalue weighted by Crippen LogP contribution is 2.33. The molecule has 2 aliphatic rings. The molecule has 2 amide bonds. The third-order valence-electron chi connectivity index (χ3n) is 4.45. The number of urea groups is 1. The minimum absolute atomic E-state index is 0.0325. The molecule has 2 saturated heterocycles. The predicted octanol–water partition coefficient (Wildman–Crippen LogP) is 2.90. The van der Waals surface area contributed by atoms with Crippen molar-refractivity contribution in [1.29, 1.82) is 0 Å². The van der Waals surface area contributed by atoms with Crippen LogP contribution in [-0.4, -0.2) is 34.9 Å². The Morgan fingerprint density at radius 3 is 2.77 bits per heavy atom. The Kier molecular flexibility index (Phi) is 4.71. The van der Waals surface area contributed by atoms with E-state index in [9.17, 15) is 9.59 Å². The Balaban J connectivity index is 1.39. The van der Waals surface area contributed by atoms with Crippen molar-refractivity contribution < 1.29 is 9.59 Å². The second kappa shape index (κ2) is 6.73. The summed E-state index contributed by atoms with van der Waals surface area (Å²) in [6.45, 7) is 2.03. The molecule has 0 aromatic heterocycles. The van der Waals surface area contributed by atoms with Gasteiger partial charge in [0.25, 0.3) is 0 Å². The van der Waals surface area contributed by atoms with E-state index >= 15 is 0 Å². The molecule has 5 heteroatoms. The highest BCUT2D eigenvalue weighted by atomic mass is 32.2. The van der Waals surface area contributed by atoms with E-state index in [1.807, 2.05) is 43.0 Å². The first-order valence-electron chi connectivity index (χ1n) is 7.92. The third kappa shape index (κ3) is 3.46. The van der Waals surface area contributed by atoms with Gasteiger partial charge >= 0.3 is 6.03 Å². The van der Waals surface area contributed by atoms with E-state index in [2.05, 4.69) is 10.6 Å². The number of fused-ring (bicyclic) bond motifs is 1. The molecule has 2 heterocycles. The van der Waals surface area contributed by atoms with Gasteiger partial charge in [0.1, 0.15) is 0 Å². The molecule has 1 aromatic rings. The van der Waals surface area contributed by atoms with Crippen molar-refractivity contribution in [2.24, 2.45) is 0 Å². The van der Waals surface area contributed by atoms with Crippen molar-refractivity contribution in [3.8, 4) is 0 Å². The van der Waals surface area contributed by atoms with E-state index in [0.717, 1.165) is 30.6 Å². The van der Waals surface area contributed by atoms with Crippen LogP contribution in [0, 0.1) is 6.92 Å². The number of rotatable bonds is 6. The summed E-state index contributed by atoms with van der Waals surface area (Å²) in [6, 6.07) is 8.32. The van der Waals surface area contributed by atoms with Gasteiger partial charge in [-0.2, -0.15) is 11.8 Å². The van der Waals surface area contributed by atoms with Gasteiger partial charge < -0.3 is 10.6 Å². The van der Waals surface area contributed by atoms with Gasteiger partial charge in [-0.15, -0.1) is 0 Å². The van der Waals surface area contributed by atoms with Gasteiger partial charge in [0.05, 0.1) is 12.1 Å². The van der Waals surface area contributed by atoms with Gasteiger partial charge in [-0.3, -0.25) is 4.79 Å². The molecule has 0 aliphatic carbocycles. The zero-order valence-electron chi connectivity index (χ0n) is 12.8. The fourth-order valence-electron chi connectivity index (χ4n) is 3.16. The zero-order valence-corrected chi connectivity index (χ0v) is 13.6. The summed E-state index contributed by atoms with van der Waals surface area (Å²) in [7, 11) is 0. The number of hydrogen-bond acceptors (Lipinski definition) is 3. The Morgan fingerprint density at radius 2 is 2.00 bits per heavy atom. The molecule has 3 atom stereocenters. The highest BCUT2D eigenvalue weighted by Gasteiger charge is 2.42. The predicted molar refractivity (Wildman–Crippen MR) is 89.5 cm³/mol. The first kappa shape index (κ1) is 15.4. The second-order valence-electron chi connectivity index (χ2n) is 6.16. The van der Waals surface area contributed by atoms with E-state index in [-0.39, 0.29) is 23.9 Å². The largest absolute Gasteiger partial charge is 0.332 e. The lowest BCUT2D eigenvalue weighted by Crippen LogP contribution is -2.36. The Bertz CT molecular complexity index is 558. The van der Waals surface area contributed by atoms with Crippen LogP contribution >= 0.6 is 11.8 Å². The van der Waals surface area contributed by atoms with Crippen LogP contribution in [0.3, 0.4) is 0 Å². The van der Waals surface area contributed by atoms with Crippen LogP contribution in [-0.2, 0) is 0 Å². The summed E-state index contributed by atoms with van der Waals surface area (Å²) in [5, 5.41) is 6.45. The summed E-state index contributed by atoms with van der Waals surface area (Å²) in [5.41, 5.74) is 1.99. The maximum absolute atomic E-state index is 12.1. The zero-order chi connectivity index (χ0) is 15.5. The van der Waals surface area contributed by atoms with Crippen LogP contribution in [0.4, 0.5) is 4.79 Å². The summed E-state index contributed by atoms with van der Waals surface area (Å²) in [6.07, 6.45) is 3.63. The average molecular weight is 318 g/mol. The van der Waals surface area contributed by atoms with E-state index in [1.165, 1.54) is 5.56 Å². The van der Waals surface area contributed by atoms with Gasteiger partial charge in [0, 0.05) is 23.0 Å². The number of carbonyl (C=O) groups is 2. The van der Waals surface area contributed by atoms with Crippen molar-refractivity contribution in [3.63, 3.8) is 0 Å². The molecule has 0 saturated carbocycles. The second-order valence-corrected chi connectivity index (χ2v) is 7.43. The van der Waals surface area contributed by atoms with Crippen LogP contribution < -0.4 is 10.6 Å². The van der Waals surface area contributed by atoms with E-state index < -0.39 is 0 Å². The quantitative estimate of drug-likeness (QED) is 0.482. The molecule has 3 unspecified atom stereocenters. The van der Waals surface area contributed by atoms with Crippen LogP contribution in [0.15, 0.2) is 24.3 Å². The summed E-state index contributed by atoms with van der Waals surface area (Å²) in [4.78, 5) is 23.4. The lowest BCUT2D eigenvalue weighted by molar-refractivity contribution is 0.0979. The number of ketones is 1. The molecule has 22 heavy (non-hydrogen) atoms. The third-order valence-corrected chi connectivity index (χ3v) is 5.96. The molecule has 0 radical (unpaired) electrons. The van der Waals surface area contributed by atoms with Crippen molar-refractivity contribution in [1.82, 2.24) is 10.6 Å². The SMILES string of the molecule is Cc1ccc(C(=O)CCCCC2SCC3NC(=O)NC32)cc1. The fraction of sp³-hybridized carbons (Fsp3) is 0.529. The van der Waals surface area contributed by atoms with E-state index in [1.54, 1.807) is 0 Å². The number of benzene rings is 1. The number of nitrogens with one attached hydrogen (secondary N) is 2. The average Bonchev–Trinajstić information content (AvgIpc) is 3.04. The maximum Gasteiger partial charge on any atom is 0.315 e. The number of aryl methyl sites for hydroxylation is 1. The number of Topliss-reactive ketones (excluding diaryl/α,β-unsaturated/α-hetero) is 1. The molecule has 3 rings (SSSR count). The van der Waals surface area contributed by atoms with Crippen LogP contribution in [0.5, 0.6) is 0 Å². The summed E-state index contributed by atoms with van der Waals surface area (Å²) >= 11 is 1.93. The molecular formula is C17H22N2O2S. The first-order chi connectivity index (χ1) is 10.6. The van der Waals surface area contributed by atoms with Gasteiger partial charge in [-0.05, 0) is 19.8 Å². The molecule has 2 fully saturated rings. The van der Waals surface area contributed by atoms with Crippen LogP contribution in [0.2, 0.25) is 0 Å². The highest BCUT2D eigenvalue weighted by molar-refractivity contribution is 8.00. The van der Waals surface area contributed by atoms with Crippen molar-refractivity contribution in [3.05, 3.63) is 35.4 Å². The smallest absolute Gasteiger partial charge is 0.315 e. The number of thioether (sulfide) groups is 1. The lowest BCUT2D eigenvalue weighted by atomic mass is 10.0. The minimum atomic E-state index is -0.0325. The first-order valence-corrected chi connectivity index (χ1v) is 8.97. The van der Waals surface area contributed by atoms with Crippen LogP contribution in [0.25, 0.3) is 0 Å². The minimum Gasteiger partial charge on any atom is -0.332 e. The van der Waals surface area contributed by atoms with Crippen molar-refractivity contribution >= 4 is 23.6 Å². The standard InChI is InChI=1S/C17H22N2O2S/c1-11-6-8-12(9-7-11)14(20)4-2-3-5-15-16-13(10-22-15)18-17(21)19-16/h6-9,13,15-16H,2-5,10H2,1H3,(H2,18,19,21). The molecule has 0 spiro atoms. The number of hydrogen-bond donors (Lipinski definition) is 2. The Morgan fingerprint density at radius 1 is 1.23 bits per heavy atom. The summed E-state index contributed by atoms with van der Waals surface area (Å²) in [5.74, 6) is 1.23. The number of carbonyl (C=O) groups excluding carboxylic acids is 2.